The lowest BCUT2D eigenvalue weighted by Crippen LogP contribution is -2.46. The van der Waals surface area contributed by atoms with Gasteiger partial charge in [-0.05, 0) is 37.0 Å². The molecule has 7 nitrogen and oxygen atoms in total. The van der Waals surface area contributed by atoms with Gasteiger partial charge in [0.15, 0.2) is 0 Å². The summed E-state index contributed by atoms with van der Waals surface area (Å²) < 4.78 is 29.3. The minimum atomic E-state index is -3.23. The molecule has 1 fully saturated rings. The molecule has 140 valence electrons. The first-order chi connectivity index (χ1) is 11.8. The van der Waals surface area contributed by atoms with Crippen LogP contribution in [-0.2, 0) is 10.0 Å². The van der Waals surface area contributed by atoms with Gasteiger partial charge in [-0.2, -0.15) is 0 Å². The molecular weight excluding hydrogens is 342 g/mol. The lowest BCUT2D eigenvalue weighted by molar-refractivity contribution is 0.151. The molecule has 0 bridgehead atoms. The SMILES string of the molecule is COc1cccc([C@@H]2CCCCN2C(=O)NCCN(C)S(C)(=O)=O)c1. The van der Waals surface area contributed by atoms with Crippen molar-refractivity contribution in [3.8, 4) is 5.75 Å². The molecule has 0 saturated carbocycles. The second kappa shape index (κ2) is 8.53. The van der Waals surface area contributed by atoms with Gasteiger partial charge in [0.25, 0.3) is 0 Å². The minimum Gasteiger partial charge on any atom is -0.497 e. The highest BCUT2D eigenvalue weighted by molar-refractivity contribution is 7.88. The van der Waals surface area contributed by atoms with E-state index in [1.807, 2.05) is 29.2 Å². The number of piperidine rings is 1. The zero-order chi connectivity index (χ0) is 18.4. The average Bonchev–Trinajstić information content (AvgIpc) is 2.60. The van der Waals surface area contributed by atoms with Crippen molar-refractivity contribution in [3.05, 3.63) is 29.8 Å². The van der Waals surface area contributed by atoms with Crippen LogP contribution in [0.5, 0.6) is 5.75 Å². The van der Waals surface area contributed by atoms with Crippen LogP contribution >= 0.6 is 0 Å². The molecule has 2 rings (SSSR count). The number of amides is 2. The molecule has 1 aromatic rings. The lowest BCUT2D eigenvalue weighted by atomic mass is 9.95. The van der Waals surface area contributed by atoms with Gasteiger partial charge >= 0.3 is 6.03 Å². The fraction of sp³-hybridized carbons (Fsp3) is 0.588. The Kier molecular flexibility index (Phi) is 6.66. The predicted molar refractivity (Wildman–Crippen MR) is 97.2 cm³/mol. The van der Waals surface area contributed by atoms with Crippen molar-refractivity contribution < 1.29 is 17.9 Å². The van der Waals surface area contributed by atoms with E-state index in [0.29, 0.717) is 6.54 Å². The summed E-state index contributed by atoms with van der Waals surface area (Å²) in [7, 11) is -0.103. The van der Waals surface area contributed by atoms with Gasteiger partial charge in [0.05, 0.1) is 19.4 Å². The van der Waals surface area contributed by atoms with Crippen LogP contribution in [-0.4, -0.2) is 63.7 Å². The van der Waals surface area contributed by atoms with E-state index < -0.39 is 10.0 Å². The van der Waals surface area contributed by atoms with Gasteiger partial charge in [0.1, 0.15) is 5.75 Å². The van der Waals surface area contributed by atoms with E-state index in [9.17, 15) is 13.2 Å². The number of benzene rings is 1. The van der Waals surface area contributed by atoms with Gasteiger partial charge < -0.3 is 15.0 Å². The third-order valence-electron chi connectivity index (χ3n) is 4.51. The van der Waals surface area contributed by atoms with Crippen molar-refractivity contribution in [1.29, 1.82) is 0 Å². The molecule has 0 spiro atoms. The third-order valence-corrected chi connectivity index (χ3v) is 5.83. The summed E-state index contributed by atoms with van der Waals surface area (Å²) in [5.41, 5.74) is 1.06. The number of nitrogens with zero attached hydrogens (tertiary/aromatic N) is 2. The summed E-state index contributed by atoms with van der Waals surface area (Å²) >= 11 is 0. The number of likely N-dealkylation sites (N-methyl/N-ethyl adjacent to an activating group) is 1. The molecule has 0 unspecified atom stereocenters. The quantitative estimate of drug-likeness (QED) is 0.830. The van der Waals surface area contributed by atoms with Crippen LogP contribution in [0.25, 0.3) is 0 Å². The molecule has 25 heavy (non-hydrogen) atoms. The number of hydrogen-bond donors (Lipinski definition) is 1. The van der Waals surface area contributed by atoms with Gasteiger partial charge in [0.2, 0.25) is 10.0 Å². The molecule has 0 aliphatic carbocycles. The van der Waals surface area contributed by atoms with E-state index in [0.717, 1.165) is 36.8 Å². The maximum absolute atomic E-state index is 12.6. The van der Waals surface area contributed by atoms with Crippen LogP contribution in [0.15, 0.2) is 24.3 Å². The Morgan fingerprint density at radius 3 is 2.84 bits per heavy atom. The Labute approximate surface area is 150 Å². The Morgan fingerprint density at radius 1 is 1.40 bits per heavy atom. The number of methoxy groups -OCH3 is 1. The molecule has 1 N–H and O–H groups in total. The van der Waals surface area contributed by atoms with E-state index in [1.165, 1.54) is 11.4 Å². The molecule has 1 saturated heterocycles. The number of urea groups is 1. The molecular formula is C17H27N3O4S. The minimum absolute atomic E-state index is 0.0106. The molecule has 1 atom stereocenters. The summed E-state index contributed by atoms with van der Waals surface area (Å²) in [6.07, 6.45) is 4.10. The van der Waals surface area contributed by atoms with Crippen LogP contribution in [0.2, 0.25) is 0 Å². The second-order valence-corrected chi connectivity index (χ2v) is 8.39. The first kappa shape index (κ1) is 19.5. The Morgan fingerprint density at radius 2 is 2.16 bits per heavy atom. The van der Waals surface area contributed by atoms with Crippen molar-refractivity contribution in [3.63, 3.8) is 0 Å². The normalized spacial score (nSPS) is 18.2. The van der Waals surface area contributed by atoms with E-state index >= 15 is 0 Å². The van der Waals surface area contributed by atoms with Crippen molar-refractivity contribution in [2.75, 3.05) is 40.0 Å². The molecule has 8 heteroatoms. The molecule has 0 aromatic heterocycles. The van der Waals surface area contributed by atoms with E-state index in [4.69, 9.17) is 4.74 Å². The number of sulfonamides is 1. The van der Waals surface area contributed by atoms with Crippen LogP contribution in [0.4, 0.5) is 4.79 Å². The maximum Gasteiger partial charge on any atom is 0.317 e. The highest BCUT2D eigenvalue weighted by Crippen LogP contribution is 2.32. The largest absolute Gasteiger partial charge is 0.497 e. The molecule has 1 aliphatic heterocycles. The number of rotatable bonds is 6. The fourth-order valence-corrected chi connectivity index (χ4v) is 3.38. The first-order valence-corrected chi connectivity index (χ1v) is 10.3. The van der Waals surface area contributed by atoms with Gasteiger partial charge in [-0.3, -0.25) is 0 Å². The average molecular weight is 369 g/mol. The van der Waals surface area contributed by atoms with Gasteiger partial charge in [0, 0.05) is 26.7 Å². The molecule has 1 aromatic carbocycles. The molecule has 0 radical (unpaired) electrons. The summed E-state index contributed by atoms with van der Waals surface area (Å²) in [6.45, 7) is 1.22. The molecule has 2 amide bonds. The first-order valence-electron chi connectivity index (χ1n) is 8.42. The van der Waals surface area contributed by atoms with Crippen molar-refractivity contribution in [2.24, 2.45) is 0 Å². The summed E-state index contributed by atoms with van der Waals surface area (Å²) in [4.78, 5) is 14.4. The standard InChI is InChI=1S/C17H27N3O4S/c1-19(25(3,22)23)12-10-18-17(21)20-11-5-4-9-16(20)14-7-6-8-15(13-14)24-2/h6-8,13,16H,4-5,9-12H2,1-3H3,(H,18,21)/t16-/m0/s1. The van der Waals surface area contributed by atoms with E-state index in [-0.39, 0.29) is 25.2 Å². The second-order valence-electron chi connectivity index (χ2n) is 6.30. The molecule has 1 aliphatic rings. The number of likely N-dealkylation sites (tertiary alicyclic amines) is 1. The number of ether oxygens (including phenoxy) is 1. The smallest absolute Gasteiger partial charge is 0.317 e. The number of nitrogens with one attached hydrogen (secondary N) is 1. The zero-order valence-electron chi connectivity index (χ0n) is 15.1. The summed E-state index contributed by atoms with van der Waals surface area (Å²) in [5, 5.41) is 2.83. The molecule has 1 heterocycles. The third kappa shape index (κ3) is 5.34. The Hall–Kier alpha value is -1.80. The van der Waals surface area contributed by atoms with Crippen LogP contribution < -0.4 is 10.1 Å². The van der Waals surface area contributed by atoms with Crippen LogP contribution in [0.3, 0.4) is 0 Å². The number of carbonyl (C=O) groups excluding carboxylic acids is 1. The van der Waals surface area contributed by atoms with Gasteiger partial charge in [-0.15, -0.1) is 0 Å². The zero-order valence-corrected chi connectivity index (χ0v) is 15.9. The van der Waals surface area contributed by atoms with E-state index in [2.05, 4.69) is 5.32 Å². The topological polar surface area (TPSA) is 79.0 Å². The van der Waals surface area contributed by atoms with Crippen LogP contribution in [0.1, 0.15) is 30.9 Å². The van der Waals surface area contributed by atoms with Crippen LogP contribution in [0, 0.1) is 0 Å². The van der Waals surface area contributed by atoms with Crippen molar-refractivity contribution >= 4 is 16.1 Å². The predicted octanol–water partition coefficient (Wildman–Crippen LogP) is 1.82. The maximum atomic E-state index is 12.6. The highest BCUT2D eigenvalue weighted by atomic mass is 32.2. The lowest BCUT2D eigenvalue weighted by Gasteiger charge is -2.36. The van der Waals surface area contributed by atoms with E-state index in [1.54, 1.807) is 7.11 Å². The number of hydrogen-bond acceptors (Lipinski definition) is 4. The Bertz CT molecular complexity index is 693. The fourth-order valence-electron chi connectivity index (χ4n) is 2.96. The van der Waals surface area contributed by atoms with Gasteiger partial charge in [-0.1, -0.05) is 12.1 Å². The van der Waals surface area contributed by atoms with Crippen molar-refractivity contribution in [1.82, 2.24) is 14.5 Å². The summed E-state index contributed by atoms with van der Waals surface area (Å²) in [6, 6.07) is 7.65. The highest BCUT2D eigenvalue weighted by Gasteiger charge is 2.28. The Balaban J connectivity index is 2.00. The summed E-state index contributed by atoms with van der Waals surface area (Å²) in [5.74, 6) is 0.776. The monoisotopic (exact) mass is 369 g/mol. The van der Waals surface area contributed by atoms with Gasteiger partial charge in [-0.25, -0.2) is 17.5 Å². The van der Waals surface area contributed by atoms with Crippen molar-refractivity contribution in [2.45, 2.75) is 25.3 Å². The number of carbonyl (C=O) groups is 1.